The van der Waals surface area contributed by atoms with Gasteiger partial charge in [-0.2, -0.15) is 0 Å². The van der Waals surface area contributed by atoms with E-state index in [0.717, 1.165) is 11.1 Å². The second-order valence-electron chi connectivity index (χ2n) is 6.16. The SMILES string of the molecule is CCOC(=O)c1ccc(NC(=O)N2CC=C(c3ccc(F)cc3)CC2)cc1. The first kappa shape index (κ1) is 18.6. The van der Waals surface area contributed by atoms with Crippen molar-refractivity contribution in [2.45, 2.75) is 13.3 Å². The Hall–Kier alpha value is -3.15. The number of anilines is 1. The molecule has 140 valence electrons. The fourth-order valence-electron chi connectivity index (χ4n) is 2.89. The van der Waals surface area contributed by atoms with Crippen LogP contribution < -0.4 is 5.32 Å². The number of nitrogens with zero attached hydrogens (tertiary/aromatic N) is 1. The first-order chi connectivity index (χ1) is 13.1. The van der Waals surface area contributed by atoms with E-state index in [1.54, 1.807) is 48.2 Å². The van der Waals surface area contributed by atoms with E-state index in [1.807, 2.05) is 6.08 Å². The van der Waals surface area contributed by atoms with Crippen LogP contribution in [-0.2, 0) is 4.74 Å². The molecule has 3 rings (SSSR count). The van der Waals surface area contributed by atoms with Gasteiger partial charge in [-0.3, -0.25) is 0 Å². The molecule has 0 fully saturated rings. The summed E-state index contributed by atoms with van der Waals surface area (Å²) in [4.78, 5) is 25.8. The second-order valence-corrected chi connectivity index (χ2v) is 6.16. The predicted molar refractivity (Wildman–Crippen MR) is 102 cm³/mol. The molecule has 2 aromatic rings. The normalized spacial score (nSPS) is 13.7. The predicted octanol–water partition coefficient (Wildman–Crippen LogP) is 4.32. The molecule has 1 aliphatic rings. The highest BCUT2D eigenvalue weighted by molar-refractivity contribution is 5.92. The van der Waals surface area contributed by atoms with E-state index in [0.29, 0.717) is 37.4 Å². The zero-order valence-electron chi connectivity index (χ0n) is 15.1. The summed E-state index contributed by atoms with van der Waals surface area (Å²) in [5.41, 5.74) is 3.14. The fourth-order valence-corrected chi connectivity index (χ4v) is 2.89. The number of hydrogen-bond donors (Lipinski definition) is 1. The van der Waals surface area contributed by atoms with Gasteiger partial charge in [0.1, 0.15) is 5.82 Å². The van der Waals surface area contributed by atoms with E-state index in [4.69, 9.17) is 4.74 Å². The Labute approximate surface area is 157 Å². The molecular weight excluding hydrogens is 347 g/mol. The Kier molecular flexibility index (Phi) is 5.86. The van der Waals surface area contributed by atoms with Crippen LogP contribution in [0.1, 0.15) is 29.3 Å². The molecule has 0 radical (unpaired) electrons. The number of halogens is 1. The Bertz CT molecular complexity index is 845. The van der Waals surface area contributed by atoms with E-state index >= 15 is 0 Å². The quantitative estimate of drug-likeness (QED) is 0.818. The maximum absolute atomic E-state index is 13.0. The van der Waals surface area contributed by atoms with Gasteiger partial charge in [0.2, 0.25) is 0 Å². The Morgan fingerprint density at radius 2 is 1.81 bits per heavy atom. The van der Waals surface area contributed by atoms with Crippen LogP contribution in [0.3, 0.4) is 0 Å². The molecule has 1 heterocycles. The standard InChI is InChI=1S/C21H21FN2O3/c1-2-27-20(25)17-5-9-19(10-6-17)23-21(26)24-13-11-16(12-14-24)15-3-7-18(22)8-4-15/h3-11H,2,12-14H2,1H3,(H,23,26). The van der Waals surface area contributed by atoms with Crippen molar-refractivity contribution in [1.82, 2.24) is 4.90 Å². The maximum atomic E-state index is 13.0. The number of carbonyl (C=O) groups is 2. The van der Waals surface area contributed by atoms with Crippen molar-refractivity contribution in [2.24, 2.45) is 0 Å². The zero-order valence-corrected chi connectivity index (χ0v) is 15.1. The second kappa shape index (κ2) is 8.49. The average Bonchev–Trinajstić information content (AvgIpc) is 2.69. The van der Waals surface area contributed by atoms with Gasteiger partial charge < -0.3 is 15.0 Å². The Morgan fingerprint density at radius 1 is 1.11 bits per heavy atom. The summed E-state index contributed by atoms with van der Waals surface area (Å²) >= 11 is 0. The topological polar surface area (TPSA) is 58.6 Å². The number of benzene rings is 2. The highest BCUT2D eigenvalue weighted by Gasteiger charge is 2.18. The lowest BCUT2D eigenvalue weighted by atomic mass is 10.00. The fraction of sp³-hybridized carbons (Fsp3) is 0.238. The molecule has 2 aromatic carbocycles. The molecule has 0 saturated carbocycles. The van der Waals surface area contributed by atoms with E-state index in [2.05, 4.69) is 5.32 Å². The maximum Gasteiger partial charge on any atom is 0.338 e. The van der Waals surface area contributed by atoms with Crippen molar-refractivity contribution in [3.63, 3.8) is 0 Å². The average molecular weight is 368 g/mol. The molecule has 1 aliphatic heterocycles. The number of rotatable bonds is 4. The van der Waals surface area contributed by atoms with Gasteiger partial charge in [0.15, 0.2) is 0 Å². The van der Waals surface area contributed by atoms with Crippen molar-refractivity contribution in [1.29, 1.82) is 0 Å². The Morgan fingerprint density at radius 3 is 2.41 bits per heavy atom. The summed E-state index contributed by atoms with van der Waals surface area (Å²) in [5, 5.41) is 2.83. The van der Waals surface area contributed by atoms with E-state index in [9.17, 15) is 14.0 Å². The van der Waals surface area contributed by atoms with Crippen LogP contribution in [0.4, 0.5) is 14.9 Å². The summed E-state index contributed by atoms with van der Waals surface area (Å²) in [6, 6.07) is 12.8. The smallest absolute Gasteiger partial charge is 0.338 e. The molecule has 5 nitrogen and oxygen atoms in total. The van der Waals surface area contributed by atoms with E-state index in [-0.39, 0.29) is 17.8 Å². The van der Waals surface area contributed by atoms with Crippen molar-refractivity contribution in [3.05, 3.63) is 71.6 Å². The highest BCUT2D eigenvalue weighted by atomic mass is 19.1. The number of hydrogen-bond acceptors (Lipinski definition) is 3. The third-order valence-corrected chi connectivity index (χ3v) is 4.36. The van der Waals surface area contributed by atoms with Crippen molar-refractivity contribution in [3.8, 4) is 0 Å². The first-order valence-corrected chi connectivity index (χ1v) is 8.85. The molecule has 0 unspecified atom stereocenters. The van der Waals surface area contributed by atoms with Crippen LogP contribution in [0.15, 0.2) is 54.6 Å². The molecule has 0 atom stereocenters. The molecule has 1 N–H and O–H groups in total. The molecule has 0 saturated heterocycles. The third-order valence-electron chi connectivity index (χ3n) is 4.36. The van der Waals surface area contributed by atoms with Gasteiger partial charge >= 0.3 is 12.0 Å². The lowest BCUT2D eigenvalue weighted by Gasteiger charge is -2.27. The Balaban J connectivity index is 1.57. The van der Waals surface area contributed by atoms with Crippen LogP contribution >= 0.6 is 0 Å². The van der Waals surface area contributed by atoms with Crippen LogP contribution in [0, 0.1) is 5.82 Å². The van der Waals surface area contributed by atoms with Gasteiger partial charge in [-0.25, -0.2) is 14.0 Å². The van der Waals surface area contributed by atoms with Gasteiger partial charge in [0.05, 0.1) is 12.2 Å². The number of urea groups is 1. The molecule has 2 amide bonds. The lowest BCUT2D eigenvalue weighted by Crippen LogP contribution is -2.37. The van der Waals surface area contributed by atoms with Gasteiger partial charge in [0, 0.05) is 18.8 Å². The van der Waals surface area contributed by atoms with Gasteiger partial charge in [-0.15, -0.1) is 0 Å². The van der Waals surface area contributed by atoms with Crippen LogP contribution in [0.2, 0.25) is 0 Å². The van der Waals surface area contributed by atoms with Gasteiger partial charge in [-0.1, -0.05) is 18.2 Å². The summed E-state index contributed by atoms with van der Waals surface area (Å²) in [6.07, 6.45) is 2.70. The molecule has 0 bridgehead atoms. The monoisotopic (exact) mass is 368 g/mol. The third kappa shape index (κ3) is 4.73. The lowest BCUT2D eigenvalue weighted by molar-refractivity contribution is 0.0526. The summed E-state index contributed by atoms with van der Waals surface area (Å²) < 4.78 is 18.0. The number of carbonyl (C=O) groups excluding carboxylic acids is 2. The van der Waals surface area contributed by atoms with Crippen LogP contribution in [0.5, 0.6) is 0 Å². The summed E-state index contributed by atoms with van der Waals surface area (Å²) in [5.74, 6) is -0.644. The van der Waals surface area contributed by atoms with Crippen LogP contribution in [0.25, 0.3) is 5.57 Å². The number of ether oxygens (including phenoxy) is 1. The minimum absolute atomic E-state index is 0.201. The van der Waals surface area contributed by atoms with Gasteiger partial charge in [0.25, 0.3) is 0 Å². The van der Waals surface area contributed by atoms with Crippen LogP contribution in [-0.4, -0.2) is 36.6 Å². The van der Waals surface area contributed by atoms with Crippen molar-refractivity contribution in [2.75, 3.05) is 25.0 Å². The molecule has 6 heteroatoms. The van der Waals surface area contributed by atoms with E-state index in [1.165, 1.54) is 12.1 Å². The summed E-state index contributed by atoms with van der Waals surface area (Å²) in [6.45, 7) is 3.14. The first-order valence-electron chi connectivity index (χ1n) is 8.85. The van der Waals surface area contributed by atoms with Crippen molar-refractivity contribution < 1.29 is 18.7 Å². The molecule has 0 aliphatic carbocycles. The minimum atomic E-state index is -0.384. The van der Waals surface area contributed by atoms with Crippen molar-refractivity contribution >= 4 is 23.3 Å². The zero-order chi connectivity index (χ0) is 19.2. The molecule has 0 spiro atoms. The molecule has 0 aromatic heterocycles. The number of esters is 1. The van der Waals surface area contributed by atoms with E-state index < -0.39 is 0 Å². The molecule has 27 heavy (non-hydrogen) atoms. The largest absolute Gasteiger partial charge is 0.462 e. The van der Waals surface area contributed by atoms with Gasteiger partial charge in [-0.05, 0) is 60.9 Å². The molecular formula is C21H21FN2O3. The minimum Gasteiger partial charge on any atom is -0.462 e. The number of nitrogens with one attached hydrogen (secondary N) is 1. The highest BCUT2D eigenvalue weighted by Crippen LogP contribution is 2.23. The summed E-state index contributed by atoms with van der Waals surface area (Å²) in [7, 11) is 0. The number of amides is 2.